The molecule has 1 aromatic rings. The first-order valence-electron chi connectivity index (χ1n) is 2.62. The van der Waals surface area contributed by atoms with Gasteiger partial charge in [-0.2, -0.15) is 0 Å². The lowest BCUT2D eigenvalue weighted by atomic mass is 10.7. The van der Waals surface area contributed by atoms with Crippen molar-refractivity contribution in [2.24, 2.45) is 0 Å². The van der Waals surface area contributed by atoms with Gasteiger partial charge >= 0.3 is 0 Å². The van der Waals surface area contributed by atoms with E-state index in [2.05, 4.69) is 4.98 Å². The molecule has 0 spiro atoms. The normalized spacial score (nSPS) is 11.9. The smallest absolute Gasteiger partial charge is 0.293 e. The molecule has 0 aliphatic heterocycles. The standard InChI is InChI=1S/C5H7Cl2NSi/c1-9(6,7)5-3-2-4-8-5/h2-4,8H,1H3. The van der Waals surface area contributed by atoms with Gasteiger partial charge in [0.05, 0.1) is 0 Å². The van der Waals surface area contributed by atoms with Crippen LogP contribution in [0.1, 0.15) is 0 Å². The molecule has 1 aromatic heterocycles. The van der Waals surface area contributed by atoms with Crippen LogP contribution in [-0.4, -0.2) is 11.7 Å². The highest BCUT2D eigenvalue weighted by atomic mass is 35.7. The van der Waals surface area contributed by atoms with E-state index in [1.165, 1.54) is 0 Å². The van der Waals surface area contributed by atoms with Crippen molar-refractivity contribution in [3.05, 3.63) is 18.3 Å². The topological polar surface area (TPSA) is 15.8 Å². The third kappa shape index (κ3) is 1.74. The Morgan fingerprint density at radius 2 is 2.22 bits per heavy atom. The van der Waals surface area contributed by atoms with E-state index >= 15 is 0 Å². The third-order valence-electron chi connectivity index (χ3n) is 1.07. The van der Waals surface area contributed by atoms with Crippen LogP contribution in [0.3, 0.4) is 0 Å². The second-order valence-electron chi connectivity index (χ2n) is 1.97. The van der Waals surface area contributed by atoms with Crippen molar-refractivity contribution in [3.8, 4) is 0 Å². The maximum absolute atomic E-state index is 5.87. The molecule has 9 heavy (non-hydrogen) atoms. The minimum atomic E-state index is -2.09. The molecular formula is C5H7Cl2NSi. The van der Waals surface area contributed by atoms with Gasteiger partial charge in [-0.25, -0.2) is 0 Å². The van der Waals surface area contributed by atoms with E-state index in [0.717, 1.165) is 5.32 Å². The molecule has 0 radical (unpaired) electrons. The van der Waals surface area contributed by atoms with Crippen molar-refractivity contribution in [2.75, 3.05) is 0 Å². The molecule has 0 amide bonds. The Balaban J connectivity index is 2.90. The Morgan fingerprint density at radius 1 is 1.56 bits per heavy atom. The van der Waals surface area contributed by atoms with Crippen LogP contribution in [0.5, 0.6) is 0 Å². The van der Waals surface area contributed by atoms with Gasteiger partial charge in [-0.15, -0.1) is 22.2 Å². The van der Waals surface area contributed by atoms with Crippen molar-refractivity contribution >= 4 is 34.2 Å². The molecule has 0 unspecified atom stereocenters. The Bertz CT molecular complexity index is 177. The highest BCUT2D eigenvalue weighted by Crippen LogP contribution is 2.11. The zero-order valence-corrected chi connectivity index (χ0v) is 7.50. The zero-order chi connectivity index (χ0) is 6.91. The van der Waals surface area contributed by atoms with Crippen LogP contribution in [0, 0.1) is 0 Å². The van der Waals surface area contributed by atoms with Gasteiger partial charge in [0.1, 0.15) is 0 Å². The van der Waals surface area contributed by atoms with Gasteiger partial charge in [0.25, 0.3) is 6.69 Å². The number of rotatable bonds is 1. The van der Waals surface area contributed by atoms with Crippen molar-refractivity contribution in [1.29, 1.82) is 0 Å². The van der Waals surface area contributed by atoms with Crippen LogP contribution in [0.4, 0.5) is 0 Å². The summed E-state index contributed by atoms with van der Waals surface area (Å²) in [6, 6.07) is 3.80. The average molecular weight is 180 g/mol. The molecule has 0 aromatic carbocycles. The fourth-order valence-corrected chi connectivity index (χ4v) is 2.03. The summed E-state index contributed by atoms with van der Waals surface area (Å²) in [4.78, 5) is 2.97. The summed E-state index contributed by atoms with van der Waals surface area (Å²) in [5, 5.41) is 0.964. The minimum absolute atomic E-state index is 0.964. The van der Waals surface area contributed by atoms with Crippen LogP contribution < -0.4 is 5.32 Å². The summed E-state index contributed by atoms with van der Waals surface area (Å²) in [7, 11) is 0. The van der Waals surface area contributed by atoms with Crippen molar-refractivity contribution < 1.29 is 0 Å². The molecule has 1 heterocycles. The van der Waals surface area contributed by atoms with E-state index in [0.29, 0.717) is 0 Å². The van der Waals surface area contributed by atoms with Crippen molar-refractivity contribution in [2.45, 2.75) is 6.55 Å². The lowest BCUT2D eigenvalue weighted by Crippen LogP contribution is -2.33. The first-order valence-corrected chi connectivity index (χ1v) is 7.15. The van der Waals surface area contributed by atoms with E-state index in [-0.39, 0.29) is 0 Å². The summed E-state index contributed by atoms with van der Waals surface area (Å²) in [5.41, 5.74) is 0. The Labute approximate surface area is 64.4 Å². The van der Waals surface area contributed by atoms with E-state index in [1.54, 1.807) is 0 Å². The highest BCUT2D eigenvalue weighted by molar-refractivity contribution is 7.50. The second kappa shape index (κ2) is 2.37. The average Bonchev–Trinajstić information content (AvgIpc) is 2.08. The molecule has 0 saturated heterocycles. The largest absolute Gasteiger partial charge is 0.366 e. The van der Waals surface area contributed by atoms with Gasteiger partial charge in [0.15, 0.2) is 0 Å². The van der Waals surface area contributed by atoms with Gasteiger partial charge in [-0.1, -0.05) is 0 Å². The number of H-pyrrole nitrogens is 1. The predicted molar refractivity (Wildman–Crippen MR) is 43.8 cm³/mol. The van der Waals surface area contributed by atoms with E-state index in [1.807, 2.05) is 24.9 Å². The Kier molecular flexibility index (Phi) is 1.89. The molecule has 0 atom stereocenters. The van der Waals surface area contributed by atoms with Crippen LogP contribution in [0.2, 0.25) is 6.55 Å². The molecule has 0 bridgehead atoms. The molecule has 1 N–H and O–H groups in total. The molecule has 0 fully saturated rings. The number of hydrogen-bond acceptors (Lipinski definition) is 0. The van der Waals surface area contributed by atoms with Crippen molar-refractivity contribution in [1.82, 2.24) is 4.98 Å². The van der Waals surface area contributed by atoms with Crippen LogP contribution >= 0.6 is 22.2 Å². The van der Waals surface area contributed by atoms with Gasteiger partial charge in [-0.05, 0) is 18.7 Å². The lowest BCUT2D eigenvalue weighted by molar-refractivity contribution is 1.46. The van der Waals surface area contributed by atoms with E-state index in [9.17, 15) is 0 Å². The molecule has 0 aliphatic carbocycles. The fraction of sp³-hybridized carbons (Fsp3) is 0.200. The van der Waals surface area contributed by atoms with Crippen molar-refractivity contribution in [3.63, 3.8) is 0 Å². The summed E-state index contributed by atoms with van der Waals surface area (Å²) in [6.07, 6.45) is 1.82. The molecule has 50 valence electrons. The van der Waals surface area contributed by atoms with Gasteiger partial charge in [-0.3, -0.25) is 0 Å². The first-order chi connectivity index (χ1) is 4.11. The highest BCUT2D eigenvalue weighted by Gasteiger charge is 2.24. The summed E-state index contributed by atoms with van der Waals surface area (Å²) in [5.74, 6) is 0. The Morgan fingerprint density at radius 3 is 2.44 bits per heavy atom. The number of hydrogen-bond donors (Lipinski definition) is 1. The second-order valence-corrected chi connectivity index (χ2v) is 9.40. The first kappa shape index (κ1) is 7.19. The Hall–Kier alpha value is 0.0769. The molecule has 0 saturated carbocycles. The van der Waals surface area contributed by atoms with Gasteiger partial charge in [0, 0.05) is 11.5 Å². The monoisotopic (exact) mass is 179 g/mol. The fourth-order valence-electron chi connectivity index (χ4n) is 0.603. The molecular weight excluding hydrogens is 173 g/mol. The predicted octanol–water partition coefficient (Wildman–Crippen LogP) is 1.77. The minimum Gasteiger partial charge on any atom is -0.366 e. The van der Waals surface area contributed by atoms with Crippen LogP contribution in [0.15, 0.2) is 18.3 Å². The van der Waals surface area contributed by atoms with E-state index < -0.39 is 6.69 Å². The SMILES string of the molecule is C[Si](Cl)(Cl)c1ccc[nH]1. The number of aromatic amines is 1. The van der Waals surface area contributed by atoms with Gasteiger partial charge in [0.2, 0.25) is 0 Å². The summed E-state index contributed by atoms with van der Waals surface area (Å²) < 4.78 is 0. The summed E-state index contributed by atoms with van der Waals surface area (Å²) >= 11 is 11.7. The maximum atomic E-state index is 5.87. The lowest BCUT2D eigenvalue weighted by Gasteiger charge is -2.05. The van der Waals surface area contributed by atoms with Crippen LogP contribution in [0.25, 0.3) is 0 Å². The number of nitrogens with one attached hydrogen (secondary N) is 1. The molecule has 1 nitrogen and oxygen atoms in total. The third-order valence-corrected chi connectivity index (χ3v) is 3.55. The summed E-state index contributed by atoms with van der Waals surface area (Å²) in [6.45, 7) is -0.229. The molecule has 4 heteroatoms. The molecule has 0 aliphatic rings. The molecule has 1 rings (SSSR count). The quantitative estimate of drug-likeness (QED) is 0.500. The van der Waals surface area contributed by atoms with Gasteiger partial charge < -0.3 is 4.98 Å². The zero-order valence-electron chi connectivity index (χ0n) is 4.99. The number of aromatic nitrogens is 1. The maximum Gasteiger partial charge on any atom is 0.293 e. The van der Waals surface area contributed by atoms with E-state index in [4.69, 9.17) is 22.2 Å². The van der Waals surface area contributed by atoms with Crippen LogP contribution in [-0.2, 0) is 0 Å². The number of halogens is 2.